The summed E-state index contributed by atoms with van der Waals surface area (Å²) in [5.41, 5.74) is 4.41. The highest BCUT2D eigenvalue weighted by Crippen LogP contribution is 2.32. The number of carbonyl (C=O) groups is 2. The third kappa shape index (κ3) is 3.60. The van der Waals surface area contributed by atoms with Crippen molar-refractivity contribution in [1.82, 2.24) is 15.4 Å². The minimum absolute atomic E-state index is 0.0382. The third-order valence-corrected chi connectivity index (χ3v) is 5.34. The normalized spacial score (nSPS) is 15.4. The molecule has 0 saturated carbocycles. The summed E-state index contributed by atoms with van der Waals surface area (Å²) in [6.07, 6.45) is 3.45. The number of hydrogen-bond donors (Lipinski definition) is 2. The first kappa shape index (κ1) is 18.1. The monoisotopic (exact) mass is 407 g/mol. The molecule has 0 unspecified atom stereocenters. The number of hydrogen-bond acceptors (Lipinski definition) is 6. The lowest BCUT2D eigenvalue weighted by molar-refractivity contribution is -0.123. The third-order valence-electron chi connectivity index (χ3n) is 4.04. The predicted molar refractivity (Wildman–Crippen MR) is 112 cm³/mol. The number of aromatic hydroxyl groups is 1. The van der Waals surface area contributed by atoms with Gasteiger partial charge in [0.05, 0.1) is 10.4 Å². The van der Waals surface area contributed by atoms with Crippen LogP contribution in [0.1, 0.15) is 15.9 Å². The van der Waals surface area contributed by atoms with E-state index in [0.717, 1.165) is 33.2 Å². The highest BCUT2D eigenvalue weighted by atomic mass is 32.2. The number of thioether (sulfide) groups is 1. The Kier molecular flexibility index (Phi) is 4.81. The number of carbonyl (C=O) groups excluding carboxylic acids is 2. The van der Waals surface area contributed by atoms with Gasteiger partial charge >= 0.3 is 0 Å². The molecule has 1 aromatic heterocycles. The van der Waals surface area contributed by atoms with Gasteiger partial charge in [-0.15, -0.1) is 0 Å². The molecule has 8 heteroatoms. The summed E-state index contributed by atoms with van der Waals surface area (Å²) in [7, 11) is 0. The zero-order chi connectivity index (χ0) is 19.7. The van der Waals surface area contributed by atoms with E-state index in [1.807, 2.05) is 30.3 Å². The number of phenols is 1. The van der Waals surface area contributed by atoms with Crippen molar-refractivity contribution in [2.45, 2.75) is 0 Å². The molecular weight excluding hydrogens is 394 g/mol. The van der Waals surface area contributed by atoms with E-state index in [1.165, 1.54) is 18.2 Å². The van der Waals surface area contributed by atoms with Crippen LogP contribution < -0.4 is 5.43 Å². The van der Waals surface area contributed by atoms with Crippen LogP contribution >= 0.6 is 24.0 Å². The summed E-state index contributed by atoms with van der Waals surface area (Å²) in [5.74, 6) is -0.983. The maximum atomic E-state index is 12.7. The van der Waals surface area contributed by atoms with Gasteiger partial charge in [0.25, 0.3) is 11.8 Å². The molecule has 1 aliphatic rings. The molecule has 1 saturated heterocycles. The van der Waals surface area contributed by atoms with Crippen LogP contribution in [0.2, 0.25) is 0 Å². The standard InChI is InChI=1S/C20H13N3O3S2/c24-15-5-1-3-14(11-15)18(25)22-23-19(26)17(28-20(23)27)10-12-6-7-16-13(9-12)4-2-8-21-16/h1-11,24H,(H,22,25). The summed E-state index contributed by atoms with van der Waals surface area (Å²) < 4.78 is 0.229. The molecular formula is C20H13N3O3S2. The molecule has 0 spiro atoms. The number of aromatic nitrogens is 1. The van der Waals surface area contributed by atoms with Crippen LogP contribution in [0.15, 0.2) is 65.7 Å². The van der Waals surface area contributed by atoms with Crippen molar-refractivity contribution in [3.63, 3.8) is 0 Å². The van der Waals surface area contributed by atoms with Gasteiger partial charge in [0.1, 0.15) is 5.75 Å². The van der Waals surface area contributed by atoms with E-state index < -0.39 is 11.8 Å². The Hall–Kier alpha value is -3.23. The highest BCUT2D eigenvalue weighted by molar-refractivity contribution is 8.26. The Balaban J connectivity index is 1.56. The second-order valence-corrected chi connectivity index (χ2v) is 7.64. The van der Waals surface area contributed by atoms with Crippen molar-refractivity contribution in [1.29, 1.82) is 0 Å². The number of rotatable bonds is 3. The van der Waals surface area contributed by atoms with Gasteiger partial charge in [0, 0.05) is 17.1 Å². The number of thiocarbonyl (C=S) groups is 1. The Bertz CT molecular complexity index is 1160. The number of phenolic OH excluding ortho intramolecular Hbond substituents is 1. The van der Waals surface area contributed by atoms with Gasteiger partial charge in [-0.1, -0.05) is 30.0 Å². The van der Waals surface area contributed by atoms with Crippen LogP contribution in [-0.4, -0.2) is 31.2 Å². The maximum absolute atomic E-state index is 12.7. The highest BCUT2D eigenvalue weighted by Gasteiger charge is 2.33. The van der Waals surface area contributed by atoms with E-state index in [9.17, 15) is 14.7 Å². The van der Waals surface area contributed by atoms with Crippen molar-refractivity contribution in [2.75, 3.05) is 0 Å². The smallest absolute Gasteiger partial charge is 0.285 e. The minimum atomic E-state index is -0.537. The fraction of sp³-hybridized carbons (Fsp3) is 0. The Morgan fingerprint density at radius 3 is 2.86 bits per heavy atom. The predicted octanol–water partition coefficient (Wildman–Crippen LogP) is 3.49. The SMILES string of the molecule is O=C(NN1C(=O)C(=Cc2ccc3ncccc3c2)SC1=S)c1cccc(O)c1. The summed E-state index contributed by atoms with van der Waals surface area (Å²) in [6, 6.07) is 15.3. The molecule has 138 valence electrons. The van der Waals surface area contributed by atoms with E-state index in [1.54, 1.807) is 18.3 Å². The number of fused-ring (bicyclic) bond motifs is 1. The van der Waals surface area contributed by atoms with Crippen molar-refractivity contribution in [3.05, 3.63) is 76.8 Å². The van der Waals surface area contributed by atoms with Gasteiger partial charge < -0.3 is 5.11 Å². The van der Waals surface area contributed by atoms with Gasteiger partial charge in [-0.2, -0.15) is 5.01 Å². The summed E-state index contributed by atoms with van der Waals surface area (Å²) in [4.78, 5) is 29.7. The molecule has 2 amide bonds. The van der Waals surface area contributed by atoms with Gasteiger partial charge in [0.15, 0.2) is 4.32 Å². The lowest BCUT2D eigenvalue weighted by Gasteiger charge is -2.15. The van der Waals surface area contributed by atoms with E-state index in [-0.39, 0.29) is 15.6 Å². The van der Waals surface area contributed by atoms with Crippen LogP contribution in [0.3, 0.4) is 0 Å². The molecule has 0 radical (unpaired) electrons. The fourth-order valence-electron chi connectivity index (χ4n) is 2.71. The zero-order valence-electron chi connectivity index (χ0n) is 14.3. The van der Waals surface area contributed by atoms with E-state index in [2.05, 4.69) is 10.4 Å². The Labute approximate surface area is 169 Å². The van der Waals surface area contributed by atoms with Crippen molar-refractivity contribution >= 4 is 57.1 Å². The molecule has 2 heterocycles. The zero-order valence-corrected chi connectivity index (χ0v) is 16.0. The molecule has 0 atom stereocenters. The van der Waals surface area contributed by atoms with Crippen LogP contribution in [0.5, 0.6) is 5.75 Å². The average Bonchev–Trinajstić information content (AvgIpc) is 2.95. The number of nitrogens with zero attached hydrogens (tertiary/aromatic N) is 2. The Morgan fingerprint density at radius 1 is 1.18 bits per heavy atom. The van der Waals surface area contributed by atoms with Gasteiger partial charge in [-0.3, -0.25) is 20.0 Å². The Morgan fingerprint density at radius 2 is 2.04 bits per heavy atom. The van der Waals surface area contributed by atoms with Crippen molar-refractivity contribution in [3.8, 4) is 5.75 Å². The fourth-order valence-corrected chi connectivity index (χ4v) is 3.89. The summed E-state index contributed by atoms with van der Waals surface area (Å²) in [6.45, 7) is 0. The molecule has 6 nitrogen and oxygen atoms in total. The summed E-state index contributed by atoms with van der Waals surface area (Å²) >= 11 is 6.35. The van der Waals surface area contributed by atoms with Crippen LogP contribution in [0, 0.1) is 0 Å². The van der Waals surface area contributed by atoms with Crippen molar-refractivity contribution < 1.29 is 14.7 Å². The van der Waals surface area contributed by atoms with Gasteiger partial charge in [-0.25, -0.2) is 0 Å². The molecule has 0 aliphatic carbocycles. The number of nitrogens with one attached hydrogen (secondary N) is 1. The van der Waals surface area contributed by atoms with Crippen LogP contribution in [0.4, 0.5) is 0 Å². The lowest BCUT2D eigenvalue weighted by atomic mass is 10.1. The van der Waals surface area contributed by atoms with E-state index in [4.69, 9.17) is 12.2 Å². The quantitative estimate of drug-likeness (QED) is 0.511. The van der Waals surface area contributed by atoms with Gasteiger partial charge in [0.2, 0.25) is 0 Å². The number of hydrazine groups is 1. The first-order chi connectivity index (χ1) is 13.5. The lowest BCUT2D eigenvalue weighted by Crippen LogP contribution is -2.44. The number of benzene rings is 2. The minimum Gasteiger partial charge on any atom is -0.508 e. The van der Waals surface area contributed by atoms with Gasteiger partial charge in [-0.05, 0) is 60.3 Å². The summed E-state index contributed by atoms with van der Waals surface area (Å²) in [5, 5.41) is 11.5. The molecule has 2 aromatic carbocycles. The maximum Gasteiger partial charge on any atom is 0.285 e. The first-order valence-electron chi connectivity index (χ1n) is 8.24. The largest absolute Gasteiger partial charge is 0.508 e. The second kappa shape index (κ2) is 7.41. The molecule has 0 bridgehead atoms. The molecule has 1 aliphatic heterocycles. The number of amides is 2. The second-order valence-electron chi connectivity index (χ2n) is 5.96. The first-order valence-corrected chi connectivity index (χ1v) is 9.46. The molecule has 3 aromatic rings. The molecule has 2 N–H and O–H groups in total. The topological polar surface area (TPSA) is 82.5 Å². The molecule has 28 heavy (non-hydrogen) atoms. The number of pyridine rings is 1. The molecule has 4 rings (SSSR count). The van der Waals surface area contributed by atoms with Crippen LogP contribution in [0.25, 0.3) is 17.0 Å². The average molecular weight is 407 g/mol. The van der Waals surface area contributed by atoms with Crippen LogP contribution in [-0.2, 0) is 4.79 Å². The van der Waals surface area contributed by atoms with Crippen molar-refractivity contribution in [2.24, 2.45) is 0 Å². The molecule has 1 fully saturated rings. The van der Waals surface area contributed by atoms with E-state index >= 15 is 0 Å². The van der Waals surface area contributed by atoms with E-state index in [0.29, 0.717) is 4.91 Å².